The molecule has 96 valence electrons. The molecule has 3 atom stereocenters. The topological polar surface area (TPSA) is 44.4 Å². The van der Waals surface area contributed by atoms with Gasteiger partial charge in [-0.2, -0.15) is 0 Å². The van der Waals surface area contributed by atoms with Crippen LogP contribution in [-0.4, -0.2) is 49.6 Å². The lowest BCUT2D eigenvalue weighted by atomic mass is 9.83. The molecule has 4 heterocycles. The molecule has 4 rings (SSSR count). The van der Waals surface area contributed by atoms with Crippen molar-refractivity contribution in [3.63, 3.8) is 0 Å². The zero-order valence-electron chi connectivity index (χ0n) is 10.6. The second kappa shape index (κ2) is 4.58. The third kappa shape index (κ3) is 2.20. The molecule has 4 aliphatic rings. The minimum atomic E-state index is 0.186. The van der Waals surface area contributed by atoms with Crippen molar-refractivity contribution in [1.29, 1.82) is 0 Å². The molecule has 0 aliphatic carbocycles. The van der Waals surface area contributed by atoms with E-state index in [4.69, 9.17) is 0 Å². The van der Waals surface area contributed by atoms with Gasteiger partial charge in [-0.1, -0.05) is 6.92 Å². The third-order valence-electron chi connectivity index (χ3n) is 4.84. The van der Waals surface area contributed by atoms with Crippen LogP contribution in [0.2, 0.25) is 0 Å². The van der Waals surface area contributed by atoms with Crippen LogP contribution in [0.1, 0.15) is 19.8 Å². The summed E-state index contributed by atoms with van der Waals surface area (Å²) in [6, 6.07) is 0.415. The molecule has 0 saturated carbocycles. The van der Waals surface area contributed by atoms with Gasteiger partial charge in [0.05, 0.1) is 5.92 Å². The third-order valence-corrected chi connectivity index (χ3v) is 4.84. The minimum absolute atomic E-state index is 0.186. The van der Waals surface area contributed by atoms with Gasteiger partial charge in [0.2, 0.25) is 5.91 Å². The van der Waals surface area contributed by atoms with Crippen molar-refractivity contribution < 1.29 is 4.79 Å². The number of nitrogens with zero attached hydrogens (tertiary/aromatic N) is 1. The molecule has 2 N–H and O–H groups in total. The first-order valence-corrected chi connectivity index (χ1v) is 6.97. The number of nitrogens with one attached hydrogen (secondary N) is 2. The smallest absolute Gasteiger partial charge is 0.224 e. The summed E-state index contributed by atoms with van der Waals surface area (Å²) in [7, 11) is 0. The average molecular weight is 237 g/mol. The molecular weight excluding hydrogens is 214 g/mol. The molecule has 0 aromatic heterocycles. The van der Waals surface area contributed by atoms with Crippen molar-refractivity contribution in [2.24, 2.45) is 17.8 Å². The van der Waals surface area contributed by atoms with Crippen LogP contribution in [0, 0.1) is 17.8 Å². The zero-order valence-corrected chi connectivity index (χ0v) is 10.6. The maximum Gasteiger partial charge on any atom is 0.224 e. The molecule has 0 spiro atoms. The van der Waals surface area contributed by atoms with E-state index in [0.717, 1.165) is 25.6 Å². The molecule has 4 saturated heterocycles. The fourth-order valence-corrected chi connectivity index (χ4v) is 3.58. The molecule has 17 heavy (non-hydrogen) atoms. The highest BCUT2D eigenvalue weighted by atomic mass is 16.2. The molecule has 0 radical (unpaired) electrons. The standard InChI is InChI=1S/C13H23N3O/c1-9-6-14-7-11(9)13(17)15-12-8-16-4-2-10(12)3-5-16/h9-12,14H,2-8H2,1H3,(H,15,17)/t9-,11-,12?/m1/s1. The van der Waals surface area contributed by atoms with Gasteiger partial charge in [-0.15, -0.1) is 0 Å². The maximum atomic E-state index is 12.2. The van der Waals surface area contributed by atoms with Gasteiger partial charge in [-0.05, 0) is 44.3 Å². The van der Waals surface area contributed by atoms with E-state index in [-0.39, 0.29) is 11.8 Å². The summed E-state index contributed by atoms with van der Waals surface area (Å²) in [4.78, 5) is 14.7. The summed E-state index contributed by atoms with van der Waals surface area (Å²) in [5.41, 5.74) is 0. The van der Waals surface area contributed by atoms with Crippen molar-refractivity contribution in [2.45, 2.75) is 25.8 Å². The van der Waals surface area contributed by atoms with Gasteiger partial charge in [0.25, 0.3) is 0 Å². The molecule has 4 fully saturated rings. The second-order valence-electron chi connectivity index (χ2n) is 6.00. The molecule has 4 nitrogen and oxygen atoms in total. The van der Waals surface area contributed by atoms with Gasteiger partial charge >= 0.3 is 0 Å². The summed E-state index contributed by atoms with van der Waals surface area (Å²) >= 11 is 0. The summed E-state index contributed by atoms with van der Waals surface area (Å²) in [6.07, 6.45) is 2.53. The number of hydrogen-bond acceptors (Lipinski definition) is 3. The molecule has 0 aromatic carbocycles. The fourth-order valence-electron chi connectivity index (χ4n) is 3.58. The first-order valence-electron chi connectivity index (χ1n) is 6.97. The van der Waals surface area contributed by atoms with Crippen LogP contribution < -0.4 is 10.6 Å². The van der Waals surface area contributed by atoms with E-state index in [2.05, 4.69) is 22.5 Å². The van der Waals surface area contributed by atoms with E-state index in [9.17, 15) is 4.79 Å². The van der Waals surface area contributed by atoms with E-state index < -0.39 is 0 Å². The summed E-state index contributed by atoms with van der Waals surface area (Å²) < 4.78 is 0. The fraction of sp³-hybridized carbons (Fsp3) is 0.923. The van der Waals surface area contributed by atoms with Crippen molar-refractivity contribution in [3.05, 3.63) is 0 Å². The molecule has 1 unspecified atom stereocenters. The normalized spacial score (nSPS) is 44.9. The Kier molecular flexibility index (Phi) is 3.09. The van der Waals surface area contributed by atoms with E-state index in [1.165, 1.54) is 25.9 Å². The Labute approximate surface area is 103 Å². The monoisotopic (exact) mass is 237 g/mol. The Bertz CT molecular complexity index is 299. The lowest BCUT2D eigenvalue weighted by Crippen LogP contribution is -2.58. The molecule has 2 bridgehead atoms. The highest BCUT2D eigenvalue weighted by Gasteiger charge is 2.37. The average Bonchev–Trinajstić information content (AvgIpc) is 2.77. The molecule has 4 heteroatoms. The maximum absolute atomic E-state index is 12.2. The Morgan fingerprint density at radius 2 is 2.06 bits per heavy atom. The van der Waals surface area contributed by atoms with Crippen LogP contribution in [0.15, 0.2) is 0 Å². The van der Waals surface area contributed by atoms with E-state index in [1.54, 1.807) is 0 Å². The quantitative estimate of drug-likeness (QED) is 0.713. The summed E-state index contributed by atoms with van der Waals surface area (Å²) in [6.45, 7) is 7.55. The van der Waals surface area contributed by atoms with Crippen molar-refractivity contribution in [2.75, 3.05) is 32.7 Å². The van der Waals surface area contributed by atoms with Crippen molar-refractivity contribution in [3.8, 4) is 0 Å². The number of amides is 1. The second-order valence-corrected chi connectivity index (χ2v) is 6.00. The lowest BCUT2D eigenvalue weighted by Gasteiger charge is -2.45. The Morgan fingerprint density at radius 3 is 2.59 bits per heavy atom. The highest BCUT2D eigenvalue weighted by Crippen LogP contribution is 2.28. The molecular formula is C13H23N3O. The van der Waals surface area contributed by atoms with Gasteiger partial charge in [0.1, 0.15) is 0 Å². The number of carbonyl (C=O) groups excluding carboxylic acids is 1. The molecule has 4 aliphatic heterocycles. The van der Waals surface area contributed by atoms with Crippen LogP contribution in [0.25, 0.3) is 0 Å². The van der Waals surface area contributed by atoms with E-state index in [0.29, 0.717) is 12.0 Å². The minimum Gasteiger partial charge on any atom is -0.352 e. The first kappa shape index (κ1) is 11.5. The number of fused-ring (bicyclic) bond motifs is 3. The van der Waals surface area contributed by atoms with E-state index in [1.807, 2.05) is 0 Å². The Morgan fingerprint density at radius 1 is 1.29 bits per heavy atom. The number of rotatable bonds is 2. The Balaban J connectivity index is 1.58. The van der Waals surface area contributed by atoms with Crippen molar-refractivity contribution in [1.82, 2.24) is 15.5 Å². The highest BCUT2D eigenvalue weighted by molar-refractivity contribution is 5.80. The largest absolute Gasteiger partial charge is 0.352 e. The summed E-state index contributed by atoms with van der Waals surface area (Å²) in [5.74, 6) is 1.68. The van der Waals surface area contributed by atoms with Crippen LogP contribution in [-0.2, 0) is 4.79 Å². The van der Waals surface area contributed by atoms with Crippen LogP contribution in [0.3, 0.4) is 0 Å². The molecule has 1 amide bonds. The van der Waals surface area contributed by atoms with Gasteiger partial charge in [-0.3, -0.25) is 4.79 Å². The van der Waals surface area contributed by atoms with Crippen LogP contribution in [0.5, 0.6) is 0 Å². The predicted octanol–water partition coefficient (Wildman–Crippen LogP) is 0.0523. The van der Waals surface area contributed by atoms with Crippen LogP contribution in [0.4, 0.5) is 0 Å². The lowest BCUT2D eigenvalue weighted by molar-refractivity contribution is -0.127. The zero-order chi connectivity index (χ0) is 11.8. The number of carbonyl (C=O) groups is 1. The van der Waals surface area contributed by atoms with E-state index >= 15 is 0 Å². The SMILES string of the molecule is C[C@@H]1CNC[C@H]1C(=O)NC1CN2CCC1CC2. The van der Waals surface area contributed by atoms with Gasteiger partial charge < -0.3 is 15.5 Å². The molecule has 0 aromatic rings. The number of piperidine rings is 3. The van der Waals surface area contributed by atoms with Crippen LogP contribution >= 0.6 is 0 Å². The summed E-state index contributed by atoms with van der Waals surface area (Å²) in [5, 5.41) is 6.61. The van der Waals surface area contributed by atoms with Crippen molar-refractivity contribution >= 4 is 5.91 Å². The predicted molar refractivity (Wildman–Crippen MR) is 66.6 cm³/mol. The number of hydrogen-bond donors (Lipinski definition) is 2. The Hall–Kier alpha value is -0.610. The van der Waals surface area contributed by atoms with Gasteiger partial charge in [0.15, 0.2) is 0 Å². The first-order chi connectivity index (χ1) is 8.24. The van der Waals surface area contributed by atoms with Gasteiger partial charge in [0, 0.05) is 19.1 Å². The van der Waals surface area contributed by atoms with Gasteiger partial charge in [-0.25, -0.2) is 0 Å².